The highest BCUT2D eigenvalue weighted by Gasteiger charge is 2.15. The summed E-state index contributed by atoms with van der Waals surface area (Å²) in [4.78, 5) is 32.6. The molecule has 2 amide bonds. The lowest BCUT2D eigenvalue weighted by atomic mass is 10.2. The lowest BCUT2D eigenvalue weighted by molar-refractivity contribution is -0.116. The average molecular weight is 427 g/mol. The Balaban J connectivity index is 1.88. The van der Waals surface area contributed by atoms with Gasteiger partial charge in [0.2, 0.25) is 5.91 Å². The van der Waals surface area contributed by atoms with Crippen molar-refractivity contribution >= 4 is 52.5 Å². The first-order valence-corrected chi connectivity index (χ1v) is 10.1. The Morgan fingerprint density at radius 2 is 2.04 bits per heavy atom. The second-order valence-electron chi connectivity index (χ2n) is 5.71. The van der Waals surface area contributed by atoms with Gasteiger partial charge in [0, 0.05) is 29.4 Å². The van der Waals surface area contributed by atoms with Gasteiger partial charge in [0.1, 0.15) is 0 Å². The first-order valence-electron chi connectivity index (χ1n) is 8.40. The van der Waals surface area contributed by atoms with Crippen LogP contribution < -0.4 is 10.6 Å². The molecule has 2 aromatic rings. The van der Waals surface area contributed by atoms with E-state index in [4.69, 9.17) is 23.2 Å². The molecule has 0 unspecified atom stereocenters. The minimum atomic E-state index is -0.438. The quantitative estimate of drug-likeness (QED) is 0.483. The van der Waals surface area contributed by atoms with Crippen molar-refractivity contribution in [3.63, 3.8) is 0 Å². The van der Waals surface area contributed by atoms with E-state index in [0.29, 0.717) is 15.9 Å². The second kappa shape index (κ2) is 10.5. The zero-order valence-corrected chi connectivity index (χ0v) is 17.3. The molecule has 1 heterocycles. The molecule has 9 heteroatoms. The summed E-state index contributed by atoms with van der Waals surface area (Å²) >= 11 is 13.4. The Labute approximate surface area is 172 Å². The van der Waals surface area contributed by atoms with Crippen LogP contribution >= 0.6 is 35.0 Å². The van der Waals surface area contributed by atoms with Crippen LogP contribution in [0.1, 0.15) is 35.8 Å². The normalized spacial score (nSPS) is 10.5. The van der Waals surface area contributed by atoms with E-state index in [-0.39, 0.29) is 29.6 Å². The molecule has 2 rings (SSSR count). The second-order valence-corrected chi connectivity index (χ2v) is 7.62. The van der Waals surface area contributed by atoms with Gasteiger partial charge in [-0.05, 0) is 31.0 Å². The maximum atomic E-state index is 12.3. The van der Waals surface area contributed by atoms with Crippen molar-refractivity contribution in [3.05, 3.63) is 45.7 Å². The van der Waals surface area contributed by atoms with E-state index in [9.17, 15) is 9.59 Å². The third kappa shape index (κ3) is 6.68. The maximum absolute atomic E-state index is 12.3. The number of nitrogens with zero attached hydrogens (tertiary/aromatic N) is 2. The molecule has 0 radical (unpaired) electrons. The lowest BCUT2D eigenvalue weighted by Gasteiger charge is -2.10. The summed E-state index contributed by atoms with van der Waals surface area (Å²) in [5.74, 6) is 0.187. The molecule has 2 N–H and O–H groups in total. The van der Waals surface area contributed by atoms with Crippen LogP contribution in [0.2, 0.25) is 10.0 Å². The highest BCUT2D eigenvalue weighted by atomic mass is 35.5. The number of anilines is 1. The highest BCUT2D eigenvalue weighted by molar-refractivity contribution is 7.99. The van der Waals surface area contributed by atoms with E-state index in [1.807, 2.05) is 19.9 Å². The van der Waals surface area contributed by atoms with Gasteiger partial charge in [0.15, 0.2) is 10.9 Å². The van der Waals surface area contributed by atoms with Crippen molar-refractivity contribution in [1.29, 1.82) is 0 Å². The van der Waals surface area contributed by atoms with Gasteiger partial charge in [-0.1, -0.05) is 48.0 Å². The molecule has 0 atom stereocenters. The van der Waals surface area contributed by atoms with E-state index < -0.39 is 5.91 Å². The zero-order valence-electron chi connectivity index (χ0n) is 15.0. The van der Waals surface area contributed by atoms with Gasteiger partial charge in [-0.2, -0.15) is 0 Å². The van der Waals surface area contributed by atoms with Crippen molar-refractivity contribution in [1.82, 2.24) is 15.3 Å². The van der Waals surface area contributed by atoms with E-state index in [0.717, 1.165) is 17.7 Å². The summed E-state index contributed by atoms with van der Waals surface area (Å²) in [6, 6.07) is 5.26. The highest BCUT2D eigenvalue weighted by Crippen LogP contribution is 2.20. The fourth-order valence-electron chi connectivity index (χ4n) is 2.09. The van der Waals surface area contributed by atoms with E-state index in [2.05, 4.69) is 20.6 Å². The third-order valence-corrected chi connectivity index (χ3v) is 5.06. The van der Waals surface area contributed by atoms with Gasteiger partial charge >= 0.3 is 0 Å². The fraction of sp³-hybridized carbons (Fsp3) is 0.333. The van der Waals surface area contributed by atoms with Gasteiger partial charge in [0.25, 0.3) is 5.91 Å². The topological polar surface area (TPSA) is 84.0 Å². The summed E-state index contributed by atoms with van der Waals surface area (Å²) in [6.45, 7) is 4.08. The van der Waals surface area contributed by atoms with Crippen molar-refractivity contribution < 1.29 is 9.59 Å². The summed E-state index contributed by atoms with van der Waals surface area (Å²) in [7, 11) is 0. The molecule has 1 aromatic heterocycles. The summed E-state index contributed by atoms with van der Waals surface area (Å²) < 4.78 is 0. The van der Waals surface area contributed by atoms with Gasteiger partial charge in [-0.3, -0.25) is 9.59 Å². The number of thioether (sulfide) groups is 1. The predicted molar refractivity (Wildman–Crippen MR) is 110 cm³/mol. The number of amides is 2. The minimum absolute atomic E-state index is 0.108. The van der Waals surface area contributed by atoms with Crippen molar-refractivity contribution in [2.45, 2.75) is 31.8 Å². The van der Waals surface area contributed by atoms with Crippen LogP contribution in [0, 0.1) is 6.92 Å². The largest absolute Gasteiger partial charge is 0.350 e. The molecule has 0 saturated heterocycles. The molecule has 0 fully saturated rings. The molecule has 0 saturated carbocycles. The number of hydrogen-bond acceptors (Lipinski definition) is 5. The van der Waals surface area contributed by atoms with E-state index >= 15 is 0 Å². The van der Waals surface area contributed by atoms with Crippen molar-refractivity contribution in [3.8, 4) is 0 Å². The molecule has 6 nitrogen and oxygen atoms in total. The van der Waals surface area contributed by atoms with Gasteiger partial charge in [-0.15, -0.1) is 0 Å². The Kier molecular flexibility index (Phi) is 8.34. The van der Waals surface area contributed by atoms with Crippen LogP contribution in [0.3, 0.4) is 0 Å². The van der Waals surface area contributed by atoms with Crippen LogP contribution in [0.15, 0.2) is 29.6 Å². The molecule has 0 aliphatic rings. The molecule has 27 heavy (non-hydrogen) atoms. The number of halogens is 2. The standard InChI is InChI=1S/C18H20Cl2N4O2S/c1-3-8-27-18-22-10-13(20)16(24-18)17(26)21-7-6-15(25)23-14-9-12(19)5-4-11(14)2/h4-5,9-10H,3,6-8H2,1-2H3,(H,21,26)(H,23,25). The first kappa shape index (κ1) is 21.5. The molecule has 0 bridgehead atoms. The number of nitrogens with one attached hydrogen (secondary N) is 2. The van der Waals surface area contributed by atoms with Crippen LogP contribution in [0.5, 0.6) is 0 Å². The zero-order chi connectivity index (χ0) is 19.8. The van der Waals surface area contributed by atoms with Gasteiger partial charge in [0.05, 0.1) is 11.2 Å². The summed E-state index contributed by atoms with van der Waals surface area (Å²) in [5.41, 5.74) is 1.66. The maximum Gasteiger partial charge on any atom is 0.271 e. The average Bonchev–Trinajstić information content (AvgIpc) is 2.64. The number of hydrogen-bond donors (Lipinski definition) is 2. The number of carbonyl (C=O) groups excluding carboxylic acids is 2. The van der Waals surface area contributed by atoms with Crippen LogP contribution in [0.25, 0.3) is 0 Å². The smallest absolute Gasteiger partial charge is 0.271 e. The first-order chi connectivity index (χ1) is 12.9. The monoisotopic (exact) mass is 426 g/mol. The van der Waals surface area contributed by atoms with E-state index in [1.54, 1.807) is 12.1 Å². The van der Waals surface area contributed by atoms with Crippen LogP contribution in [-0.4, -0.2) is 34.1 Å². The fourth-order valence-corrected chi connectivity index (χ4v) is 3.11. The number of carbonyl (C=O) groups is 2. The molecule has 0 spiro atoms. The lowest BCUT2D eigenvalue weighted by Crippen LogP contribution is -2.28. The molecule has 1 aromatic carbocycles. The minimum Gasteiger partial charge on any atom is -0.350 e. The van der Waals surface area contributed by atoms with E-state index in [1.165, 1.54) is 18.0 Å². The van der Waals surface area contributed by atoms with Gasteiger partial charge in [-0.25, -0.2) is 9.97 Å². The van der Waals surface area contributed by atoms with Crippen molar-refractivity contribution in [2.24, 2.45) is 0 Å². The molecular weight excluding hydrogens is 407 g/mol. The van der Waals surface area contributed by atoms with Crippen LogP contribution in [0.4, 0.5) is 5.69 Å². The Morgan fingerprint density at radius 1 is 1.26 bits per heavy atom. The molecular formula is C18H20Cl2N4O2S. The molecule has 144 valence electrons. The number of rotatable bonds is 8. The Hall–Kier alpha value is -1.83. The number of aryl methyl sites for hydroxylation is 1. The molecule has 0 aliphatic heterocycles. The molecule has 0 aliphatic carbocycles. The Bertz CT molecular complexity index is 833. The summed E-state index contributed by atoms with van der Waals surface area (Å²) in [5, 5.41) is 6.65. The third-order valence-electron chi connectivity index (χ3n) is 3.48. The Morgan fingerprint density at radius 3 is 2.78 bits per heavy atom. The van der Waals surface area contributed by atoms with Gasteiger partial charge < -0.3 is 10.6 Å². The SMILES string of the molecule is CCCSc1ncc(Cl)c(C(=O)NCCC(=O)Nc2cc(Cl)ccc2C)n1. The van der Waals surface area contributed by atoms with Crippen LogP contribution in [-0.2, 0) is 4.79 Å². The number of benzene rings is 1. The van der Waals surface area contributed by atoms with Crippen molar-refractivity contribution in [2.75, 3.05) is 17.6 Å². The summed E-state index contributed by atoms with van der Waals surface area (Å²) in [6.07, 6.45) is 2.49. The predicted octanol–water partition coefficient (Wildman–Crippen LogP) is 4.35. The number of aromatic nitrogens is 2.